The molecular formula is C6H4BrF3N2. The van der Waals surface area contributed by atoms with Crippen LogP contribution in [-0.4, -0.2) is 4.98 Å². The van der Waals surface area contributed by atoms with Crippen LogP contribution in [0.3, 0.4) is 0 Å². The SMILES string of the molecule is Nc1cc(Br)c(C(F)F)nc1F. The minimum absolute atomic E-state index is 0.0106. The van der Waals surface area contributed by atoms with Crippen LogP contribution in [0.1, 0.15) is 12.1 Å². The van der Waals surface area contributed by atoms with Crippen molar-refractivity contribution in [3.63, 3.8) is 0 Å². The molecule has 6 heteroatoms. The number of rotatable bonds is 1. The van der Waals surface area contributed by atoms with Gasteiger partial charge in [-0.3, -0.25) is 0 Å². The number of alkyl halides is 2. The summed E-state index contributed by atoms with van der Waals surface area (Å²) in [5.41, 5.74) is 4.18. The van der Waals surface area contributed by atoms with E-state index in [1.165, 1.54) is 0 Å². The number of nitrogen functional groups attached to an aromatic ring is 1. The molecule has 1 heterocycles. The first-order valence-corrected chi connectivity index (χ1v) is 3.71. The lowest BCUT2D eigenvalue weighted by Crippen LogP contribution is -2.00. The lowest BCUT2D eigenvalue weighted by molar-refractivity contribution is 0.144. The number of aromatic nitrogens is 1. The van der Waals surface area contributed by atoms with Crippen molar-refractivity contribution in [1.29, 1.82) is 0 Å². The van der Waals surface area contributed by atoms with Crippen LogP contribution in [0.2, 0.25) is 0 Å². The maximum atomic E-state index is 12.5. The normalized spacial score (nSPS) is 10.8. The van der Waals surface area contributed by atoms with E-state index in [1.54, 1.807) is 0 Å². The van der Waals surface area contributed by atoms with E-state index in [9.17, 15) is 13.2 Å². The molecule has 0 aliphatic heterocycles. The minimum Gasteiger partial charge on any atom is -0.395 e. The van der Waals surface area contributed by atoms with E-state index in [4.69, 9.17) is 5.73 Å². The maximum Gasteiger partial charge on any atom is 0.281 e. The summed E-state index contributed by atoms with van der Waals surface area (Å²) in [5.74, 6) is -1.08. The number of nitrogens with two attached hydrogens (primary N) is 1. The van der Waals surface area contributed by atoms with E-state index in [0.717, 1.165) is 6.07 Å². The molecule has 0 radical (unpaired) electrons. The Bertz CT molecular complexity index is 303. The predicted molar refractivity (Wildman–Crippen MR) is 41.3 cm³/mol. The van der Waals surface area contributed by atoms with Crippen molar-refractivity contribution in [2.75, 3.05) is 5.73 Å². The van der Waals surface area contributed by atoms with E-state index in [1.807, 2.05) is 0 Å². The maximum absolute atomic E-state index is 12.5. The average molecular weight is 241 g/mol. The zero-order valence-electron chi connectivity index (χ0n) is 5.69. The van der Waals surface area contributed by atoms with Gasteiger partial charge in [0.2, 0.25) is 5.95 Å². The summed E-state index contributed by atoms with van der Waals surface area (Å²) in [5, 5.41) is 0. The highest BCUT2D eigenvalue weighted by Crippen LogP contribution is 2.27. The fourth-order valence-electron chi connectivity index (χ4n) is 0.647. The van der Waals surface area contributed by atoms with Gasteiger partial charge < -0.3 is 5.73 Å². The molecule has 0 saturated carbocycles. The highest BCUT2D eigenvalue weighted by atomic mass is 79.9. The van der Waals surface area contributed by atoms with Gasteiger partial charge in [0, 0.05) is 4.47 Å². The molecule has 1 aromatic rings. The molecule has 0 aliphatic carbocycles. The van der Waals surface area contributed by atoms with Gasteiger partial charge in [-0.2, -0.15) is 4.39 Å². The number of pyridine rings is 1. The smallest absolute Gasteiger partial charge is 0.281 e. The molecule has 0 unspecified atom stereocenters. The van der Waals surface area contributed by atoms with Crippen LogP contribution in [-0.2, 0) is 0 Å². The standard InChI is InChI=1S/C6H4BrF3N2/c7-2-1-3(11)6(10)12-4(2)5(8)9/h1,5H,11H2. The highest BCUT2D eigenvalue weighted by molar-refractivity contribution is 9.10. The van der Waals surface area contributed by atoms with Gasteiger partial charge in [-0.25, -0.2) is 13.8 Å². The van der Waals surface area contributed by atoms with Crippen molar-refractivity contribution in [3.8, 4) is 0 Å². The Hall–Kier alpha value is -0.780. The monoisotopic (exact) mass is 240 g/mol. The molecule has 0 aromatic carbocycles. The molecule has 0 spiro atoms. The van der Waals surface area contributed by atoms with Gasteiger partial charge in [0.1, 0.15) is 5.69 Å². The summed E-state index contributed by atoms with van der Waals surface area (Å²) >= 11 is 2.79. The Morgan fingerprint density at radius 2 is 2.08 bits per heavy atom. The van der Waals surface area contributed by atoms with Crippen LogP contribution in [0.25, 0.3) is 0 Å². The van der Waals surface area contributed by atoms with Crippen molar-refractivity contribution in [3.05, 3.63) is 22.2 Å². The summed E-state index contributed by atoms with van der Waals surface area (Å²) < 4.78 is 36.6. The first-order valence-electron chi connectivity index (χ1n) is 2.92. The number of halogens is 4. The number of nitrogens with zero attached hydrogens (tertiary/aromatic N) is 1. The quantitative estimate of drug-likeness (QED) is 0.767. The minimum atomic E-state index is -2.81. The van der Waals surface area contributed by atoms with Gasteiger partial charge >= 0.3 is 0 Å². The van der Waals surface area contributed by atoms with Crippen molar-refractivity contribution in [2.24, 2.45) is 0 Å². The van der Waals surface area contributed by atoms with Gasteiger partial charge in [-0.05, 0) is 22.0 Å². The number of anilines is 1. The third-order valence-electron chi connectivity index (χ3n) is 1.19. The fourth-order valence-corrected chi connectivity index (χ4v) is 1.16. The van der Waals surface area contributed by atoms with E-state index in [2.05, 4.69) is 20.9 Å². The second-order valence-corrected chi connectivity index (χ2v) is 2.89. The lowest BCUT2D eigenvalue weighted by Gasteiger charge is -2.03. The zero-order valence-corrected chi connectivity index (χ0v) is 7.28. The van der Waals surface area contributed by atoms with E-state index in [-0.39, 0.29) is 10.2 Å². The van der Waals surface area contributed by atoms with Crippen molar-refractivity contribution in [2.45, 2.75) is 6.43 Å². The molecule has 2 N–H and O–H groups in total. The van der Waals surface area contributed by atoms with Crippen LogP contribution in [0, 0.1) is 5.95 Å². The van der Waals surface area contributed by atoms with E-state index in [0.29, 0.717) is 0 Å². The molecule has 0 bridgehead atoms. The van der Waals surface area contributed by atoms with Crippen molar-refractivity contribution in [1.82, 2.24) is 4.98 Å². The molecule has 12 heavy (non-hydrogen) atoms. The number of hydrogen-bond acceptors (Lipinski definition) is 2. The highest BCUT2D eigenvalue weighted by Gasteiger charge is 2.16. The molecule has 0 saturated heterocycles. The predicted octanol–water partition coefficient (Wildman–Crippen LogP) is 2.50. The summed E-state index contributed by atoms with van der Waals surface area (Å²) in [6, 6.07) is 1.06. The molecule has 0 aliphatic rings. The first-order chi connectivity index (χ1) is 5.52. The third-order valence-corrected chi connectivity index (χ3v) is 1.83. The van der Waals surface area contributed by atoms with Crippen molar-refractivity contribution < 1.29 is 13.2 Å². The van der Waals surface area contributed by atoms with E-state index >= 15 is 0 Å². The van der Waals surface area contributed by atoms with Crippen LogP contribution in [0.15, 0.2) is 10.5 Å². The zero-order chi connectivity index (χ0) is 9.30. The van der Waals surface area contributed by atoms with Gasteiger partial charge in [0.15, 0.2) is 0 Å². The summed E-state index contributed by atoms with van der Waals surface area (Å²) in [6.45, 7) is 0. The van der Waals surface area contributed by atoms with Crippen LogP contribution < -0.4 is 5.73 Å². The number of hydrogen-bond donors (Lipinski definition) is 1. The Morgan fingerprint density at radius 3 is 2.58 bits per heavy atom. The molecular weight excluding hydrogens is 237 g/mol. The lowest BCUT2D eigenvalue weighted by atomic mass is 10.3. The molecule has 66 valence electrons. The Labute approximate surface area is 74.7 Å². The summed E-state index contributed by atoms with van der Waals surface area (Å²) in [4.78, 5) is 2.98. The molecule has 2 nitrogen and oxygen atoms in total. The van der Waals surface area contributed by atoms with Gasteiger partial charge in [0.05, 0.1) is 5.69 Å². The Morgan fingerprint density at radius 1 is 1.50 bits per heavy atom. The Balaban J connectivity index is 3.23. The first kappa shape index (κ1) is 9.31. The molecule has 0 fully saturated rings. The summed E-state index contributed by atoms with van der Waals surface area (Å²) in [6.07, 6.45) is -2.81. The second-order valence-electron chi connectivity index (χ2n) is 2.04. The van der Waals surface area contributed by atoms with Gasteiger partial charge in [-0.1, -0.05) is 0 Å². The van der Waals surface area contributed by atoms with E-state index < -0.39 is 18.1 Å². The summed E-state index contributed by atoms with van der Waals surface area (Å²) in [7, 11) is 0. The molecule has 0 atom stereocenters. The average Bonchev–Trinajstić information content (AvgIpc) is 1.96. The van der Waals surface area contributed by atoms with Crippen molar-refractivity contribution >= 4 is 21.6 Å². The topological polar surface area (TPSA) is 38.9 Å². The molecule has 0 amide bonds. The van der Waals surface area contributed by atoms with Crippen LogP contribution >= 0.6 is 15.9 Å². The largest absolute Gasteiger partial charge is 0.395 e. The van der Waals surface area contributed by atoms with Gasteiger partial charge in [0.25, 0.3) is 6.43 Å². The molecule has 1 rings (SSSR count). The van der Waals surface area contributed by atoms with Crippen LogP contribution in [0.4, 0.5) is 18.9 Å². The van der Waals surface area contributed by atoms with Crippen LogP contribution in [0.5, 0.6) is 0 Å². The van der Waals surface area contributed by atoms with Gasteiger partial charge in [-0.15, -0.1) is 0 Å². The molecule has 1 aromatic heterocycles. The third kappa shape index (κ3) is 1.69. The fraction of sp³-hybridized carbons (Fsp3) is 0.167. The second kappa shape index (κ2) is 3.30. The Kier molecular flexibility index (Phi) is 2.56.